The van der Waals surface area contributed by atoms with Crippen molar-refractivity contribution in [1.29, 1.82) is 0 Å². The zero-order chi connectivity index (χ0) is 14.3. The van der Waals surface area contributed by atoms with E-state index in [0.717, 1.165) is 6.07 Å². The molecule has 4 nitrogen and oxygen atoms in total. The molecule has 3 rings (SSSR count). The molecule has 0 unspecified atom stereocenters. The summed E-state index contributed by atoms with van der Waals surface area (Å²) >= 11 is 5.69. The van der Waals surface area contributed by atoms with Gasteiger partial charge in [-0.2, -0.15) is 0 Å². The van der Waals surface area contributed by atoms with Crippen LogP contribution in [0.3, 0.4) is 0 Å². The lowest BCUT2D eigenvalue weighted by Crippen LogP contribution is -2.29. The van der Waals surface area contributed by atoms with Crippen LogP contribution in [0.4, 0.5) is 10.1 Å². The van der Waals surface area contributed by atoms with Crippen LogP contribution >= 0.6 is 11.6 Å². The predicted octanol–water partition coefficient (Wildman–Crippen LogP) is 2.60. The number of anilines is 1. The number of pyridine rings is 1. The first-order valence-electron chi connectivity index (χ1n) is 5.82. The number of fused-ring (bicyclic) bond motifs is 1. The maximum absolute atomic E-state index is 13.3. The molecule has 20 heavy (non-hydrogen) atoms. The average molecular weight is 291 g/mol. The summed E-state index contributed by atoms with van der Waals surface area (Å²) in [4.78, 5) is 28.9. The molecule has 1 aromatic heterocycles. The van der Waals surface area contributed by atoms with Crippen LogP contribution in [0.25, 0.3) is 0 Å². The van der Waals surface area contributed by atoms with Gasteiger partial charge >= 0.3 is 0 Å². The van der Waals surface area contributed by atoms with Crippen molar-refractivity contribution in [1.82, 2.24) is 4.98 Å². The van der Waals surface area contributed by atoms with Crippen molar-refractivity contribution in [2.75, 3.05) is 4.90 Å². The van der Waals surface area contributed by atoms with Crippen LogP contribution in [-0.2, 0) is 11.3 Å². The number of benzene rings is 1. The Kier molecular flexibility index (Phi) is 2.99. The number of carbonyl (C=O) groups excluding carboxylic acids is 2. The lowest BCUT2D eigenvalue weighted by Gasteiger charge is -2.16. The molecule has 1 aromatic carbocycles. The summed E-state index contributed by atoms with van der Waals surface area (Å²) in [6.07, 6.45) is 1.51. The molecule has 1 aliphatic rings. The second-order valence-corrected chi connectivity index (χ2v) is 4.76. The SMILES string of the molecule is O=C1C(=O)N(Cc2ccc(Cl)nc2)c2cc(F)ccc21. The van der Waals surface area contributed by atoms with Crippen molar-refractivity contribution < 1.29 is 14.0 Å². The van der Waals surface area contributed by atoms with Gasteiger partial charge in [-0.1, -0.05) is 17.7 Å². The number of halogens is 2. The van der Waals surface area contributed by atoms with Crippen molar-refractivity contribution in [2.45, 2.75) is 6.54 Å². The van der Waals surface area contributed by atoms with Crippen molar-refractivity contribution in [3.8, 4) is 0 Å². The van der Waals surface area contributed by atoms with E-state index in [9.17, 15) is 14.0 Å². The first-order chi connectivity index (χ1) is 9.56. The standard InChI is InChI=1S/C14H8ClFN2O2/c15-12-4-1-8(6-17-12)7-18-11-5-9(16)2-3-10(11)13(19)14(18)20/h1-6H,7H2. The number of carbonyl (C=O) groups is 2. The molecule has 2 aromatic rings. The molecule has 6 heteroatoms. The van der Waals surface area contributed by atoms with Gasteiger partial charge in [-0.15, -0.1) is 0 Å². The lowest BCUT2D eigenvalue weighted by atomic mass is 10.1. The highest BCUT2D eigenvalue weighted by atomic mass is 35.5. The highest BCUT2D eigenvalue weighted by molar-refractivity contribution is 6.52. The number of nitrogens with zero attached hydrogens (tertiary/aromatic N) is 2. The molecule has 0 radical (unpaired) electrons. The van der Waals surface area contributed by atoms with Crippen molar-refractivity contribution in [2.24, 2.45) is 0 Å². The summed E-state index contributed by atoms with van der Waals surface area (Å²) in [6.45, 7) is 0.144. The summed E-state index contributed by atoms with van der Waals surface area (Å²) in [5.74, 6) is -1.78. The fourth-order valence-corrected chi connectivity index (χ4v) is 2.22. The van der Waals surface area contributed by atoms with Gasteiger partial charge in [0.1, 0.15) is 11.0 Å². The third-order valence-electron chi connectivity index (χ3n) is 3.06. The largest absolute Gasteiger partial charge is 0.300 e. The van der Waals surface area contributed by atoms with E-state index in [1.165, 1.54) is 23.2 Å². The number of aromatic nitrogens is 1. The number of amides is 1. The third kappa shape index (κ3) is 2.06. The molecule has 0 aliphatic carbocycles. The lowest BCUT2D eigenvalue weighted by molar-refractivity contribution is -0.114. The predicted molar refractivity (Wildman–Crippen MR) is 71.2 cm³/mol. The maximum Gasteiger partial charge on any atom is 0.299 e. The molecule has 0 fully saturated rings. The van der Waals surface area contributed by atoms with E-state index in [1.54, 1.807) is 12.1 Å². The fraction of sp³-hybridized carbons (Fsp3) is 0.0714. The summed E-state index contributed by atoms with van der Waals surface area (Å²) in [7, 11) is 0. The third-order valence-corrected chi connectivity index (χ3v) is 3.29. The molecular formula is C14H8ClFN2O2. The van der Waals surface area contributed by atoms with E-state index in [2.05, 4.69) is 4.98 Å². The van der Waals surface area contributed by atoms with Gasteiger partial charge in [0.15, 0.2) is 0 Å². The minimum atomic E-state index is -0.666. The van der Waals surface area contributed by atoms with Crippen molar-refractivity contribution in [3.05, 3.63) is 58.6 Å². The van der Waals surface area contributed by atoms with Gasteiger partial charge in [-0.05, 0) is 29.8 Å². The summed E-state index contributed by atoms with van der Waals surface area (Å²) in [5, 5.41) is 0.337. The smallest absolute Gasteiger partial charge is 0.299 e. The minimum Gasteiger partial charge on any atom is -0.300 e. The number of Topliss-reactive ketones (excluding diaryl/α,β-unsaturated/α-hetero) is 1. The van der Waals surface area contributed by atoms with Crippen LogP contribution in [0.1, 0.15) is 15.9 Å². The minimum absolute atomic E-state index is 0.144. The van der Waals surface area contributed by atoms with Gasteiger partial charge in [0.2, 0.25) is 0 Å². The zero-order valence-corrected chi connectivity index (χ0v) is 10.9. The van der Waals surface area contributed by atoms with E-state index >= 15 is 0 Å². The van der Waals surface area contributed by atoms with Crippen LogP contribution in [-0.4, -0.2) is 16.7 Å². The summed E-state index contributed by atoms with van der Waals surface area (Å²) in [6, 6.07) is 6.96. The van der Waals surface area contributed by atoms with Gasteiger partial charge in [0, 0.05) is 6.20 Å². The van der Waals surface area contributed by atoms with Crippen LogP contribution in [0.5, 0.6) is 0 Å². The van der Waals surface area contributed by atoms with E-state index in [4.69, 9.17) is 11.6 Å². The molecule has 0 saturated heterocycles. The molecule has 1 amide bonds. The number of rotatable bonds is 2. The Bertz CT molecular complexity index is 716. The molecule has 2 heterocycles. The second-order valence-electron chi connectivity index (χ2n) is 4.37. The number of ketones is 1. The highest BCUT2D eigenvalue weighted by Crippen LogP contribution is 2.30. The zero-order valence-electron chi connectivity index (χ0n) is 10.1. The van der Waals surface area contributed by atoms with Crippen LogP contribution < -0.4 is 4.90 Å². The molecule has 0 spiro atoms. The highest BCUT2D eigenvalue weighted by Gasteiger charge is 2.35. The molecule has 0 atom stereocenters. The Morgan fingerprint density at radius 2 is 2.00 bits per heavy atom. The Balaban J connectivity index is 1.98. The molecule has 0 N–H and O–H groups in total. The number of hydrogen-bond donors (Lipinski definition) is 0. The molecule has 0 bridgehead atoms. The maximum atomic E-state index is 13.3. The number of hydrogen-bond acceptors (Lipinski definition) is 3. The summed E-state index contributed by atoms with van der Waals surface area (Å²) in [5.41, 5.74) is 1.21. The fourth-order valence-electron chi connectivity index (χ4n) is 2.11. The monoisotopic (exact) mass is 290 g/mol. The van der Waals surface area contributed by atoms with E-state index in [0.29, 0.717) is 10.7 Å². The molecular weight excluding hydrogens is 283 g/mol. The van der Waals surface area contributed by atoms with Gasteiger partial charge in [0.05, 0.1) is 17.8 Å². The average Bonchev–Trinajstić information content (AvgIpc) is 2.66. The normalized spacial score (nSPS) is 13.8. The first-order valence-corrected chi connectivity index (χ1v) is 6.20. The van der Waals surface area contributed by atoms with E-state index in [-0.39, 0.29) is 17.8 Å². The Hall–Kier alpha value is -2.27. The van der Waals surface area contributed by atoms with E-state index in [1.807, 2.05) is 0 Å². The van der Waals surface area contributed by atoms with Gasteiger partial charge in [-0.25, -0.2) is 9.37 Å². The van der Waals surface area contributed by atoms with Crippen LogP contribution in [0.2, 0.25) is 5.15 Å². The summed E-state index contributed by atoms with van der Waals surface area (Å²) < 4.78 is 13.3. The Morgan fingerprint density at radius 1 is 1.20 bits per heavy atom. The van der Waals surface area contributed by atoms with Crippen LogP contribution in [0.15, 0.2) is 36.5 Å². The second kappa shape index (κ2) is 4.68. The van der Waals surface area contributed by atoms with Crippen LogP contribution in [0, 0.1) is 5.82 Å². The molecule has 100 valence electrons. The van der Waals surface area contributed by atoms with Gasteiger partial charge in [-0.3, -0.25) is 9.59 Å². The van der Waals surface area contributed by atoms with Crippen molar-refractivity contribution in [3.63, 3.8) is 0 Å². The van der Waals surface area contributed by atoms with Gasteiger partial charge in [0.25, 0.3) is 11.7 Å². The molecule has 1 aliphatic heterocycles. The Morgan fingerprint density at radius 3 is 2.70 bits per heavy atom. The topological polar surface area (TPSA) is 50.3 Å². The Labute approximate surface area is 118 Å². The first kappa shape index (κ1) is 12.7. The quantitative estimate of drug-likeness (QED) is 0.631. The van der Waals surface area contributed by atoms with E-state index < -0.39 is 17.5 Å². The molecule has 0 saturated carbocycles. The van der Waals surface area contributed by atoms with Crippen molar-refractivity contribution >= 4 is 29.0 Å². The van der Waals surface area contributed by atoms with Gasteiger partial charge < -0.3 is 4.90 Å².